The van der Waals surface area contributed by atoms with Gasteiger partial charge in [0.1, 0.15) is 5.75 Å². The van der Waals surface area contributed by atoms with E-state index < -0.39 is 31.1 Å². The summed E-state index contributed by atoms with van der Waals surface area (Å²) in [6, 6.07) is 14.5. The lowest BCUT2D eigenvalue weighted by Crippen LogP contribution is -2.44. The molecule has 0 bridgehead atoms. The van der Waals surface area contributed by atoms with Crippen molar-refractivity contribution in [3.05, 3.63) is 65.7 Å². The van der Waals surface area contributed by atoms with Crippen LogP contribution in [0.25, 0.3) is 0 Å². The molecule has 0 aliphatic heterocycles. The van der Waals surface area contributed by atoms with E-state index in [1.54, 1.807) is 55.5 Å². The summed E-state index contributed by atoms with van der Waals surface area (Å²) in [5.41, 5.74) is 1.06. The Balaban J connectivity index is 1.74. The normalized spacial score (nSPS) is 11.1. The predicted octanol–water partition coefficient (Wildman–Crippen LogP) is 2.46. The van der Waals surface area contributed by atoms with Crippen molar-refractivity contribution in [3.63, 3.8) is 0 Å². The van der Waals surface area contributed by atoms with Gasteiger partial charge in [0.2, 0.25) is 0 Å². The van der Waals surface area contributed by atoms with E-state index in [2.05, 4.69) is 10.6 Å². The number of rotatable bonds is 9. The predicted molar refractivity (Wildman–Crippen MR) is 109 cm³/mol. The average molecular weight is 412 g/mol. The Morgan fingerprint density at radius 1 is 0.900 bits per heavy atom. The molecule has 8 heteroatoms. The number of benzene rings is 2. The molecule has 30 heavy (non-hydrogen) atoms. The van der Waals surface area contributed by atoms with Gasteiger partial charge in [0, 0.05) is 17.2 Å². The molecule has 0 spiro atoms. The Morgan fingerprint density at radius 2 is 1.53 bits per heavy atom. The van der Waals surface area contributed by atoms with Crippen molar-refractivity contribution >= 4 is 23.7 Å². The lowest BCUT2D eigenvalue weighted by Gasteiger charge is -2.12. The van der Waals surface area contributed by atoms with E-state index >= 15 is 0 Å². The molecule has 0 aromatic heterocycles. The number of ether oxygens (including phenoxy) is 2. The van der Waals surface area contributed by atoms with Crippen LogP contribution in [0.4, 0.5) is 4.79 Å². The van der Waals surface area contributed by atoms with Crippen LogP contribution in [0.15, 0.2) is 54.6 Å². The van der Waals surface area contributed by atoms with Gasteiger partial charge in [-0.1, -0.05) is 37.3 Å². The first-order valence-electron chi connectivity index (χ1n) is 9.47. The summed E-state index contributed by atoms with van der Waals surface area (Å²) in [5, 5.41) is 4.62. The summed E-state index contributed by atoms with van der Waals surface area (Å²) in [5.74, 6) is -1.26. The van der Waals surface area contributed by atoms with Crippen LogP contribution in [0, 0.1) is 0 Å². The van der Waals surface area contributed by atoms with Crippen LogP contribution in [0.2, 0.25) is 0 Å². The highest BCUT2D eigenvalue weighted by molar-refractivity contribution is 6.09. The second-order valence-corrected chi connectivity index (χ2v) is 6.50. The van der Waals surface area contributed by atoms with Gasteiger partial charge in [0.05, 0.1) is 0 Å². The number of hydrogen-bond donors (Lipinski definition) is 2. The minimum absolute atomic E-state index is 0.0804. The first-order chi connectivity index (χ1) is 14.4. The fraction of sp³-hybridized carbons (Fsp3) is 0.273. The van der Waals surface area contributed by atoms with E-state index in [9.17, 15) is 19.2 Å². The van der Waals surface area contributed by atoms with E-state index in [4.69, 9.17) is 9.47 Å². The second kappa shape index (κ2) is 11.4. The number of hydrogen-bond acceptors (Lipinski definition) is 6. The Kier molecular flexibility index (Phi) is 8.56. The first-order valence-corrected chi connectivity index (χ1v) is 9.47. The summed E-state index contributed by atoms with van der Waals surface area (Å²) < 4.78 is 10.1. The largest absolute Gasteiger partial charge is 0.482 e. The molecule has 0 aliphatic carbocycles. The van der Waals surface area contributed by atoms with Crippen molar-refractivity contribution in [1.82, 2.24) is 10.6 Å². The van der Waals surface area contributed by atoms with E-state index in [-0.39, 0.29) is 11.8 Å². The van der Waals surface area contributed by atoms with E-state index in [0.717, 1.165) is 6.42 Å². The van der Waals surface area contributed by atoms with Crippen LogP contribution in [0.3, 0.4) is 0 Å². The number of imide groups is 1. The fourth-order valence-corrected chi connectivity index (χ4v) is 2.31. The zero-order chi connectivity index (χ0) is 21.9. The van der Waals surface area contributed by atoms with Crippen LogP contribution < -0.4 is 15.4 Å². The summed E-state index contributed by atoms with van der Waals surface area (Å²) in [6.45, 7) is 2.67. The van der Waals surface area contributed by atoms with Crippen molar-refractivity contribution < 1.29 is 28.7 Å². The Hall–Kier alpha value is -3.68. The first kappa shape index (κ1) is 22.6. The molecule has 2 aromatic rings. The molecule has 3 amide bonds. The van der Waals surface area contributed by atoms with E-state index in [0.29, 0.717) is 16.9 Å². The molecule has 158 valence electrons. The zero-order valence-corrected chi connectivity index (χ0v) is 16.8. The summed E-state index contributed by atoms with van der Waals surface area (Å²) in [7, 11) is 0. The SMILES string of the molecule is CC[C@H](C)NC(=O)NC(=O)COC(=O)COc1ccc(C(=O)c2ccccc2)cc1. The van der Waals surface area contributed by atoms with Gasteiger partial charge in [-0.3, -0.25) is 14.9 Å². The quantitative estimate of drug-likeness (QED) is 0.484. The molecule has 0 heterocycles. The molecule has 2 rings (SSSR count). The summed E-state index contributed by atoms with van der Waals surface area (Å²) in [6.07, 6.45) is 0.718. The number of carbonyl (C=O) groups is 4. The zero-order valence-electron chi connectivity index (χ0n) is 16.8. The van der Waals surface area contributed by atoms with Crippen LogP contribution in [0.5, 0.6) is 5.75 Å². The Morgan fingerprint density at radius 3 is 2.17 bits per heavy atom. The maximum atomic E-state index is 12.3. The molecule has 8 nitrogen and oxygen atoms in total. The smallest absolute Gasteiger partial charge is 0.344 e. The number of amides is 3. The van der Waals surface area contributed by atoms with E-state index in [1.807, 2.05) is 13.0 Å². The number of ketones is 1. The molecule has 2 aromatic carbocycles. The Bertz CT molecular complexity index is 880. The average Bonchev–Trinajstić information content (AvgIpc) is 2.76. The molecule has 2 N–H and O–H groups in total. The second-order valence-electron chi connectivity index (χ2n) is 6.50. The van der Waals surface area contributed by atoms with Crippen LogP contribution >= 0.6 is 0 Å². The highest BCUT2D eigenvalue weighted by Crippen LogP contribution is 2.15. The van der Waals surface area contributed by atoms with Crippen LogP contribution in [-0.2, 0) is 14.3 Å². The molecular weight excluding hydrogens is 388 g/mol. The van der Waals surface area contributed by atoms with E-state index in [1.165, 1.54) is 0 Å². The number of esters is 1. The number of nitrogens with one attached hydrogen (secondary N) is 2. The fourth-order valence-electron chi connectivity index (χ4n) is 2.31. The lowest BCUT2D eigenvalue weighted by molar-refractivity contribution is -0.150. The third-order valence-corrected chi connectivity index (χ3v) is 4.12. The maximum Gasteiger partial charge on any atom is 0.344 e. The highest BCUT2D eigenvalue weighted by Gasteiger charge is 2.13. The molecule has 0 aliphatic rings. The van der Waals surface area contributed by atoms with Gasteiger partial charge in [0.15, 0.2) is 19.0 Å². The van der Waals surface area contributed by atoms with Crippen molar-refractivity contribution in [2.45, 2.75) is 26.3 Å². The highest BCUT2D eigenvalue weighted by atomic mass is 16.6. The molecule has 0 radical (unpaired) electrons. The van der Waals surface area contributed by atoms with Crippen molar-refractivity contribution in [1.29, 1.82) is 0 Å². The standard InChI is InChI=1S/C22H24N2O6/c1-3-15(2)23-22(28)24-19(25)13-30-20(26)14-29-18-11-9-17(10-12-18)21(27)16-7-5-4-6-8-16/h4-12,15H,3,13-14H2,1-2H3,(H2,23,24,25,28)/t15-/m0/s1. The lowest BCUT2D eigenvalue weighted by atomic mass is 10.0. The third-order valence-electron chi connectivity index (χ3n) is 4.12. The van der Waals surface area contributed by atoms with Crippen molar-refractivity contribution in [2.24, 2.45) is 0 Å². The molecule has 0 saturated heterocycles. The van der Waals surface area contributed by atoms with Crippen molar-refractivity contribution in [2.75, 3.05) is 13.2 Å². The van der Waals surface area contributed by atoms with Gasteiger partial charge in [-0.05, 0) is 37.6 Å². The summed E-state index contributed by atoms with van der Waals surface area (Å²) >= 11 is 0. The van der Waals surface area contributed by atoms with Gasteiger partial charge in [-0.2, -0.15) is 0 Å². The van der Waals surface area contributed by atoms with Gasteiger partial charge in [-0.15, -0.1) is 0 Å². The third kappa shape index (κ3) is 7.38. The minimum atomic E-state index is -0.767. The monoisotopic (exact) mass is 412 g/mol. The molecule has 0 unspecified atom stereocenters. The number of urea groups is 1. The van der Waals surface area contributed by atoms with Gasteiger partial charge < -0.3 is 14.8 Å². The van der Waals surface area contributed by atoms with Gasteiger partial charge in [-0.25, -0.2) is 9.59 Å². The minimum Gasteiger partial charge on any atom is -0.482 e. The topological polar surface area (TPSA) is 111 Å². The molecular formula is C22H24N2O6. The van der Waals surface area contributed by atoms with Gasteiger partial charge in [0.25, 0.3) is 5.91 Å². The number of carbonyl (C=O) groups excluding carboxylic acids is 4. The summed E-state index contributed by atoms with van der Waals surface area (Å²) in [4.78, 5) is 47.2. The molecule has 0 saturated carbocycles. The van der Waals surface area contributed by atoms with Gasteiger partial charge >= 0.3 is 12.0 Å². The molecule has 0 fully saturated rings. The Labute approximate surface area is 174 Å². The molecule has 1 atom stereocenters. The van der Waals surface area contributed by atoms with Crippen LogP contribution in [0.1, 0.15) is 36.2 Å². The van der Waals surface area contributed by atoms with Crippen molar-refractivity contribution in [3.8, 4) is 5.75 Å². The maximum absolute atomic E-state index is 12.3. The van der Waals surface area contributed by atoms with Crippen LogP contribution in [-0.4, -0.2) is 42.9 Å².